The zero-order valence-electron chi connectivity index (χ0n) is 16.5. The minimum absolute atomic E-state index is 0.0313. The van der Waals surface area contributed by atoms with Crippen molar-refractivity contribution >= 4 is 17.5 Å². The van der Waals surface area contributed by atoms with Gasteiger partial charge < -0.3 is 14.2 Å². The standard InChI is InChI=1S/C21H23ClN4O3/c1-14-17(20(24-29-14)15-6-4-3-5-7-15)10-26(21(27)16-8-9-28-13-16)12-19-18(22)11-25(2)23-19/h3-7,11,16H,8-10,12-13H2,1-2H3/t16-/m0/s1. The van der Waals surface area contributed by atoms with Crippen LogP contribution >= 0.6 is 11.6 Å². The van der Waals surface area contributed by atoms with Gasteiger partial charge in [-0.05, 0) is 13.3 Å². The number of carbonyl (C=O) groups excluding carboxylic acids is 1. The van der Waals surface area contributed by atoms with Gasteiger partial charge in [0.2, 0.25) is 5.91 Å². The Labute approximate surface area is 174 Å². The number of amides is 1. The lowest BCUT2D eigenvalue weighted by Crippen LogP contribution is -2.36. The molecule has 1 fully saturated rings. The van der Waals surface area contributed by atoms with Gasteiger partial charge in [-0.3, -0.25) is 9.48 Å². The van der Waals surface area contributed by atoms with Crippen molar-refractivity contribution in [3.63, 3.8) is 0 Å². The van der Waals surface area contributed by atoms with Gasteiger partial charge in [-0.15, -0.1) is 0 Å². The molecule has 1 aliphatic heterocycles. The molecule has 3 heterocycles. The van der Waals surface area contributed by atoms with Gasteiger partial charge in [-0.25, -0.2) is 0 Å². The van der Waals surface area contributed by atoms with Crippen LogP contribution in [0.3, 0.4) is 0 Å². The topological polar surface area (TPSA) is 73.4 Å². The molecule has 1 aliphatic rings. The van der Waals surface area contributed by atoms with Crippen LogP contribution < -0.4 is 0 Å². The molecule has 7 nitrogen and oxygen atoms in total. The second-order valence-corrected chi connectivity index (χ2v) is 7.69. The maximum absolute atomic E-state index is 13.3. The Kier molecular flexibility index (Phi) is 5.69. The van der Waals surface area contributed by atoms with Crippen LogP contribution in [0.5, 0.6) is 0 Å². The molecule has 0 radical (unpaired) electrons. The second-order valence-electron chi connectivity index (χ2n) is 7.28. The van der Waals surface area contributed by atoms with Crippen molar-refractivity contribution in [2.75, 3.05) is 13.2 Å². The van der Waals surface area contributed by atoms with Crippen LogP contribution in [0, 0.1) is 12.8 Å². The van der Waals surface area contributed by atoms with Gasteiger partial charge in [-0.1, -0.05) is 47.1 Å². The molecule has 2 aromatic heterocycles. The average Bonchev–Trinajstić information content (AvgIpc) is 3.44. The number of aromatic nitrogens is 3. The summed E-state index contributed by atoms with van der Waals surface area (Å²) in [5.74, 6) is 0.568. The van der Waals surface area contributed by atoms with Crippen LogP contribution in [0.1, 0.15) is 23.4 Å². The minimum Gasteiger partial charge on any atom is -0.381 e. The van der Waals surface area contributed by atoms with Gasteiger partial charge in [0.05, 0.1) is 30.6 Å². The van der Waals surface area contributed by atoms with Crippen LogP contribution in [-0.2, 0) is 29.7 Å². The van der Waals surface area contributed by atoms with E-state index in [0.717, 1.165) is 23.2 Å². The Bertz CT molecular complexity index is 993. The molecular weight excluding hydrogens is 392 g/mol. The van der Waals surface area contributed by atoms with Crippen molar-refractivity contribution in [1.29, 1.82) is 0 Å². The van der Waals surface area contributed by atoms with Gasteiger partial charge in [0.25, 0.3) is 0 Å². The first-order chi connectivity index (χ1) is 14.0. The zero-order valence-corrected chi connectivity index (χ0v) is 17.2. The number of ether oxygens (including phenoxy) is 1. The highest BCUT2D eigenvalue weighted by Gasteiger charge is 2.30. The number of hydrogen-bond donors (Lipinski definition) is 0. The largest absolute Gasteiger partial charge is 0.381 e. The van der Waals surface area contributed by atoms with Gasteiger partial charge in [0.1, 0.15) is 17.1 Å². The molecule has 0 unspecified atom stereocenters. The molecular formula is C21H23ClN4O3. The van der Waals surface area contributed by atoms with Crippen molar-refractivity contribution in [2.24, 2.45) is 13.0 Å². The lowest BCUT2D eigenvalue weighted by Gasteiger charge is -2.25. The monoisotopic (exact) mass is 414 g/mol. The summed E-state index contributed by atoms with van der Waals surface area (Å²) in [6.07, 6.45) is 2.46. The maximum atomic E-state index is 13.3. The van der Waals surface area contributed by atoms with Gasteiger partial charge in [0, 0.05) is 31.0 Å². The van der Waals surface area contributed by atoms with E-state index in [0.29, 0.717) is 42.8 Å². The Balaban J connectivity index is 1.66. The van der Waals surface area contributed by atoms with Crippen molar-refractivity contribution in [3.05, 3.63) is 58.6 Å². The highest BCUT2D eigenvalue weighted by molar-refractivity contribution is 6.31. The van der Waals surface area contributed by atoms with E-state index in [1.54, 1.807) is 15.8 Å². The van der Waals surface area contributed by atoms with E-state index in [4.69, 9.17) is 20.9 Å². The first kappa shape index (κ1) is 19.7. The van der Waals surface area contributed by atoms with E-state index in [1.807, 2.05) is 44.3 Å². The van der Waals surface area contributed by atoms with E-state index in [-0.39, 0.29) is 11.8 Å². The predicted molar refractivity (Wildman–Crippen MR) is 108 cm³/mol. The molecule has 29 heavy (non-hydrogen) atoms. The molecule has 0 N–H and O–H groups in total. The quantitative estimate of drug-likeness (QED) is 0.616. The third-order valence-corrected chi connectivity index (χ3v) is 5.48. The predicted octanol–water partition coefficient (Wildman–Crippen LogP) is 3.60. The summed E-state index contributed by atoms with van der Waals surface area (Å²) in [5.41, 5.74) is 3.25. The molecule has 1 atom stereocenters. The Morgan fingerprint density at radius 3 is 2.76 bits per heavy atom. The lowest BCUT2D eigenvalue weighted by molar-refractivity contribution is -0.136. The van der Waals surface area contributed by atoms with E-state index in [2.05, 4.69) is 10.3 Å². The normalized spacial score (nSPS) is 16.3. The summed E-state index contributed by atoms with van der Waals surface area (Å²) in [7, 11) is 1.81. The molecule has 0 spiro atoms. The summed E-state index contributed by atoms with van der Waals surface area (Å²) < 4.78 is 12.6. The lowest BCUT2D eigenvalue weighted by atomic mass is 10.0. The van der Waals surface area contributed by atoms with Gasteiger partial charge >= 0.3 is 0 Å². The smallest absolute Gasteiger partial charge is 0.228 e. The fourth-order valence-electron chi connectivity index (χ4n) is 3.58. The number of hydrogen-bond acceptors (Lipinski definition) is 5. The number of halogens is 1. The third-order valence-electron chi connectivity index (χ3n) is 5.17. The van der Waals surface area contributed by atoms with Crippen LogP contribution in [0.15, 0.2) is 41.1 Å². The highest BCUT2D eigenvalue weighted by Crippen LogP contribution is 2.29. The molecule has 1 aromatic carbocycles. The molecule has 4 rings (SSSR count). The summed E-state index contributed by atoms with van der Waals surface area (Å²) in [4.78, 5) is 15.0. The Hall–Kier alpha value is -2.64. The van der Waals surface area contributed by atoms with E-state index in [1.165, 1.54) is 0 Å². The Morgan fingerprint density at radius 1 is 1.31 bits per heavy atom. The van der Waals surface area contributed by atoms with Gasteiger partial charge in [-0.2, -0.15) is 5.10 Å². The molecule has 0 saturated carbocycles. The zero-order chi connectivity index (χ0) is 20.4. The molecule has 0 aliphatic carbocycles. The first-order valence-electron chi connectivity index (χ1n) is 9.58. The van der Waals surface area contributed by atoms with Crippen LogP contribution in [0.25, 0.3) is 11.3 Å². The van der Waals surface area contributed by atoms with Crippen molar-refractivity contribution in [1.82, 2.24) is 19.8 Å². The maximum Gasteiger partial charge on any atom is 0.228 e. The summed E-state index contributed by atoms with van der Waals surface area (Å²) in [6, 6.07) is 9.82. The highest BCUT2D eigenvalue weighted by atomic mass is 35.5. The van der Waals surface area contributed by atoms with E-state index < -0.39 is 0 Å². The molecule has 3 aromatic rings. The van der Waals surface area contributed by atoms with Crippen molar-refractivity contribution in [2.45, 2.75) is 26.4 Å². The van der Waals surface area contributed by atoms with E-state index in [9.17, 15) is 4.79 Å². The average molecular weight is 415 g/mol. The fourth-order valence-corrected chi connectivity index (χ4v) is 3.82. The Morgan fingerprint density at radius 2 is 2.10 bits per heavy atom. The van der Waals surface area contributed by atoms with E-state index >= 15 is 0 Å². The van der Waals surface area contributed by atoms with Crippen LogP contribution in [-0.4, -0.2) is 39.0 Å². The van der Waals surface area contributed by atoms with Crippen LogP contribution in [0.4, 0.5) is 0 Å². The minimum atomic E-state index is -0.155. The number of rotatable bonds is 6. The SMILES string of the molecule is Cc1onc(-c2ccccc2)c1CN(Cc1nn(C)cc1Cl)C(=O)[C@H]1CCOC1. The summed E-state index contributed by atoms with van der Waals surface area (Å²) >= 11 is 6.32. The fraction of sp³-hybridized carbons (Fsp3) is 0.381. The molecule has 1 amide bonds. The number of carbonyl (C=O) groups is 1. The third kappa shape index (κ3) is 4.21. The summed E-state index contributed by atoms with van der Waals surface area (Å²) in [6.45, 7) is 3.59. The number of nitrogens with zero attached hydrogens (tertiary/aromatic N) is 4. The molecule has 0 bridgehead atoms. The molecule has 152 valence electrons. The summed E-state index contributed by atoms with van der Waals surface area (Å²) in [5, 5.41) is 9.19. The molecule has 1 saturated heterocycles. The second kappa shape index (κ2) is 8.39. The molecule has 8 heteroatoms. The first-order valence-corrected chi connectivity index (χ1v) is 9.96. The van der Waals surface area contributed by atoms with Crippen LogP contribution in [0.2, 0.25) is 5.02 Å². The number of benzene rings is 1. The van der Waals surface area contributed by atoms with Crippen molar-refractivity contribution < 1.29 is 14.1 Å². The number of aryl methyl sites for hydroxylation is 2. The van der Waals surface area contributed by atoms with Crippen molar-refractivity contribution in [3.8, 4) is 11.3 Å². The van der Waals surface area contributed by atoms with Gasteiger partial charge in [0.15, 0.2) is 0 Å².